The maximum atomic E-state index is 12.9. The zero-order valence-corrected chi connectivity index (χ0v) is 53.3. The topological polar surface area (TPSA) is 78.9 Å². The van der Waals surface area contributed by atoms with Crippen molar-refractivity contribution in [3.63, 3.8) is 0 Å². The fourth-order valence-electron chi connectivity index (χ4n) is 9.67. The van der Waals surface area contributed by atoms with Crippen molar-refractivity contribution in [2.24, 2.45) is 0 Å². The van der Waals surface area contributed by atoms with Crippen LogP contribution in [0.4, 0.5) is 0 Å². The zero-order valence-electron chi connectivity index (χ0n) is 53.3. The Morgan fingerprint density at radius 3 is 0.753 bits per heavy atom. The van der Waals surface area contributed by atoms with Gasteiger partial charge in [-0.05, 0) is 89.9 Å². The van der Waals surface area contributed by atoms with E-state index in [4.69, 9.17) is 14.2 Å². The maximum Gasteiger partial charge on any atom is 0.306 e. The van der Waals surface area contributed by atoms with Crippen LogP contribution in [0.1, 0.15) is 329 Å². The van der Waals surface area contributed by atoms with Crippen LogP contribution >= 0.6 is 0 Å². The Labute approximate surface area is 501 Å². The summed E-state index contributed by atoms with van der Waals surface area (Å²) in [6, 6.07) is 0. The van der Waals surface area contributed by atoms with Crippen molar-refractivity contribution in [1.82, 2.24) is 0 Å². The van der Waals surface area contributed by atoms with Crippen molar-refractivity contribution >= 4 is 17.9 Å². The Morgan fingerprint density at radius 2 is 0.481 bits per heavy atom. The molecule has 0 heterocycles. The van der Waals surface area contributed by atoms with Gasteiger partial charge in [0.05, 0.1) is 0 Å². The predicted molar refractivity (Wildman–Crippen MR) is 353 cm³/mol. The summed E-state index contributed by atoms with van der Waals surface area (Å²) in [5, 5.41) is 0. The molecule has 0 N–H and O–H groups in total. The van der Waals surface area contributed by atoms with Crippen LogP contribution in [-0.4, -0.2) is 37.2 Å². The third-order valence-corrected chi connectivity index (χ3v) is 14.8. The summed E-state index contributed by atoms with van der Waals surface area (Å²) < 4.78 is 16.9. The molecule has 0 amide bonds. The Bertz CT molecular complexity index is 1620. The first kappa shape index (κ1) is 77.1. The van der Waals surface area contributed by atoms with Crippen LogP contribution in [0.15, 0.2) is 109 Å². The van der Waals surface area contributed by atoms with Crippen LogP contribution < -0.4 is 0 Å². The van der Waals surface area contributed by atoms with Gasteiger partial charge in [0.25, 0.3) is 0 Å². The lowest BCUT2D eigenvalue weighted by molar-refractivity contribution is -0.167. The van der Waals surface area contributed by atoms with Gasteiger partial charge in [0.1, 0.15) is 13.2 Å². The first-order chi connectivity index (χ1) is 40.0. The average Bonchev–Trinajstić information content (AvgIpc) is 3.47. The van der Waals surface area contributed by atoms with Crippen LogP contribution in [0.2, 0.25) is 0 Å². The van der Waals surface area contributed by atoms with E-state index in [2.05, 4.69) is 130 Å². The molecule has 0 bridgehead atoms. The van der Waals surface area contributed by atoms with Crippen molar-refractivity contribution in [2.45, 2.75) is 335 Å². The second-order valence-electron chi connectivity index (χ2n) is 22.7. The summed E-state index contributed by atoms with van der Waals surface area (Å²) in [6.45, 7) is 6.54. The van der Waals surface area contributed by atoms with Crippen molar-refractivity contribution in [3.8, 4) is 0 Å². The molecule has 0 rings (SSSR count). The largest absolute Gasteiger partial charge is 0.462 e. The van der Waals surface area contributed by atoms with E-state index in [1.807, 2.05) is 0 Å². The number of esters is 3. The molecule has 0 aromatic rings. The minimum atomic E-state index is -0.780. The van der Waals surface area contributed by atoms with E-state index in [0.717, 1.165) is 122 Å². The summed E-state index contributed by atoms with van der Waals surface area (Å²) in [5.74, 6) is -0.876. The third kappa shape index (κ3) is 66.8. The van der Waals surface area contributed by atoms with E-state index >= 15 is 0 Å². The van der Waals surface area contributed by atoms with Gasteiger partial charge in [-0.3, -0.25) is 14.4 Å². The lowest BCUT2D eigenvalue weighted by atomic mass is 10.0. The fourth-order valence-corrected chi connectivity index (χ4v) is 9.67. The summed E-state index contributed by atoms with van der Waals surface area (Å²) in [5.41, 5.74) is 0. The quantitative estimate of drug-likeness (QED) is 0.0261. The Hall–Kier alpha value is -3.93. The van der Waals surface area contributed by atoms with Crippen molar-refractivity contribution in [2.75, 3.05) is 13.2 Å². The van der Waals surface area contributed by atoms with Crippen LogP contribution in [0.5, 0.6) is 0 Å². The van der Waals surface area contributed by atoms with Crippen LogP contribution in [0.25, 0.3) is 0 Å². The molecule has 0 radical (unpaired) electrons. The normalized spacial score (nSPS) is 12.8. The highest BCUT2D eigenvalue weighted by molar-refractivity contribution is 5.71. The highest BCUT2D eigenvalue weighted by Crippen LogP contribution is 2.17. The van der Waals surface area contributed by atoms with Gasteiger partial charge in [-0.15, -0.1) is 0 Å². The summed E-state index contributed by atoms with van der Waals surface area (Å²) >= 11 is 0. The minimum absolute atomic E-state index is 0.0767. The number of allylic oxidation sites excluding steroid dienone is 18. The Kier molecular flexibility index (Phi) is 65.2. The average molecular weight is 1130 g/mol. The first-order valence-electron chi connectivity index (χ1n) is 34.4. The minimum Gasteiger partial charge on any atom is -0.462 e. The standard InChI is InChI=1S/C75H128O6/c1-4-7-10-13-16-19-22-24-26-28-30-31-32-33-34-35-36-37-38-39-40-41-42-43-44-45-46-48-49-51-53-56-59-62-65-68-74(77)80-71-72(70-79-73(76)67-64-61-58-55-21-18-15-12-9-6-3)81-75(78)69-66-63-60-57-54-52-50-47-29-27-25-23-20-17-14-11-8-5-2/h7,10,16,19,24,26,30-31,33-34,36-37,39-40,42-43,45-46,72H,4-6,8-9,11-15,17-18,20-23,25,27-29,32,35,38,41,44,47-71H2,1-3H3/b10-7-,19-16-,26-24-,31-30-,34-33-,37-36-,40-39-,43-42-,46-45-. The molecule has 1 atom stereocenters. The second-order valence-corrected chi connectivity index (χ2v) is 22.7. The van der Waals surface area contributed by atoms with Crippen LogP contribution in [-0.2, 0) is 28.6 Å². The van der Waals surface area contributed by atoms with Gasteiger partial charge in [-0.1, -0.05) is 329 Å². The van der Waals surface area contributed by atoms with Gasteiger partial charge in [0.15, 0.2) is 6.10 Å². The molecule has 464 valence electrons. The molecular weight excluding hydrogens is 997 g/mol. The molecule has 0 saturated carbocycles. The van der Waals surface area contributed by atoms with Crippen molar-refractivity contribution in [1.29, 1.82) is 0 Å². The lowest BCUT2D eigenvalue weighted by Gasteiger charge is -2.18. The molecule has 0 aromatic carbocycles. The van der Waals surface area contributed by atoms with E-state index in [0.29, 0.717) is 19.3 Å². The predicted octanol–water partition coefficient (Wildman–Crippen LogP) is 23.8. The van der Waals surface area contributed by atoms with Gasteiger partial charge in [-0.25, -0.2) is 0 Å². The highest BCUT2D eigenvalue weighted by atomic mass is 16.6. The molecule has 0 spiro atoms. The number of ether oxygens (including phenoxy) is 3. The van der Waals surface area contributed by atoms with Gasteiger partial charge in [0.2, 0.25) is 0 Å². The molecule has 0 aromatic heterocycles. The van der Waals surface area contributed by atoms with Crippen LogP contribution in [0, 0.1) is 0 Å². The van der Waals surface area contributed by atoms with Crippen LogP contribution in [0.3, 0.4) is 0 Å². The molecule has 6 nitrogen and oxygen atoms in total. The zero-order chi connectivity index (χ0) is 58.5. The molecule has 0 saturated heterocycles. The monoisotopic (exact) mass is 1120 g/mol. The van der Waals surface area contributed by atoms with E-state index < -0.39 is 6.10 Å². The van der Waals surface area contributed by atoms with E-state index in [9.17, 15) is 14.4 Å². The number of carbonyl (C=O) groups is 3. The number of unbranched alkanes of at least 4 members (excludes halogenated alkanes) is 33. The Balaban J connectivity index is 4.20. The third-order valence-electron chi connectivity index (χ3n) is 14.8. The van der Waals surface area contributed by atoms with E-state index in [-0.39, 0.29) is 31.1 Å². The number of hydrogen-bond donors (Lipinski definition) is 0. The number of rotatable bonds is 62. The highest BCUT2D eigenvalue weighted by Gasteiger charge is 2.19. The van der Waals surface area contributed by atoms with Gasteiger partial charge in [-0.2, -0.15) is 0 Å². The first-order valence-corrected chi connectivity index (χ1v) is 34.4. The molecule has 0 aliphatic carbocycles. The summed E-state index contributed by atoms with van der Waals surface area (Å²) in [6.07, 6.45) is 94.0. The van der Waals surface area contributed by atoms with Crippen molar-refractivity contribution < 1.29 is 28.6 Å². The molecule has 81 heavy (non-hydrogen) atoms. The number of carbonyl (C=O) groups excluding carboxylic acids is 3. The Morgan fingerprint density at radius 1 is 0.259 bits per heavy atom. The SMILES string of the molecule is CC/C=C\C/C=C\C/C=C\C/C=C\C/C=C\C/C=C\C/C=C\C/C=C\C/C=C\CCCCCCCCCC(=O)OCC(COC(=O)CCCCCCCCCCCC)OC(=O)CCCCCCCCCCCCCCCCCCCC. The second kappa shape index (κ2) is 68.6. The molecule has 6 heteroatoms. The molecule has 0 aliphatic rings. The van der Waals surface area contributed by atoms with E-state index in [1.165, 1.54) is 167 Å². The number of hydrogen-bond acceptors (Lipinski definition) is 6. The molecule has 0 fully saturated rings. The molecule has 0 aliphatic heterocycles. The van der Waals surface area contributed by atoms with Crippen molar-refractivity contribution in [3.05, 3.63) is 109 Å². The summed E-state index contributed by atoms with van der Waals surface area (Å²) in [4.78, 5) is 38.3. The smallest absolute Gasteiger partial charge is 0.306 e. The fraction of sp³-hybridized carbons (Fsp3) is 0.720. The van der Waals surface area contributed by atoms with Gasteiger partial charge in [0, 0.05) is 19.3 Å². The maximum absolute atomic E-state index is 12.9. The van der Waals surface area contributed by atoms with Gasteiger partial charge < -0.3 is 14.2 Å². The molecule has 1 unspecified atom stereocenters. The van der Waals surface area contributed by atoms with Gasteiger partial charge >= 0.3 is 17.9 Å². The van der Waals surface area contributed by atoms with E-state index in [1.54, 1.807) is 0 Å². The molecular formula is C75H128O6. The lowest BCUT2D eigenvalue weighted by Crippen LogP contribution is -2.30. The summed E-state index contributed by atoms with van der Waals surface area (Å²) in [7, 11) is 0.